The summed E-state index contributed by atoms with van der Waals surface area (Å²) in [4.78, 5) is 17.1. The minimum absolute atomic E-state index is 0.199. The van der Waals surface area contributed by atoms with Crippen molar-refractivity contribution < 1.29 is 14.3 Å². The first-order valence-corrected chi connectivity index (χ1v) is 10.9. The third kappa shape index (κ3) is 5.31. The normalized spacial score (nSPS) is 10.6. The van der Waals surface area contributed by atoms with Gasteiger partial charge in [0.15, 0.2) is 5.82 Å². The van der Waals surface area contributed by atoms with Crippen LogP contribution in [0, 0.1) is 13.8 Å². The zero-order valence-electron chi connectivity index (χ0n) is 18.1. The number of anilines is 1. The van der Waals surface area contributed by atoms with Crippen LogP contribution in [0.25, 0.3) is 0 Å². The lowest BCUT2D eigenvalue weighted by Crippen LogP contribution is -2.12. The number of amides is 1. The number of aryl methyl sites for hydroxylation is 2. The molecule has 162 valence electrons. The molecular formula is C25H23N3O3S. The molecule has 4 aromatic rings. The third-order valence-electron chi connectivity index (χ3n) is 5.01. The molecule has 0 aliphatic heterocycles. The molecule has 0 bridgehead atoms. The quantitative estimate of drug-likeness (QED) is 0.389. The van der Waals surface area contributed by atoms with E-state index in [2.05, 4.69) is 14.7 Å². The Hall–Kier alpha value is -3.71. The van der Waals surface area contributed by atoms with Crippen molar-refractivity contribution in [1.29, 1.82) is 0 Å². The van der Waals surface area contributed by atoms with Crippen molar-refractivity contribution in [2.75, 3.05) is 12.4 Å². The molecule has 0 fully saturated rings. The Balaban J connectivity index is 1.42. The second-order valence-corrected chi connectivity index (χ2v) is 8.10. The molecule has 0 unspecified atom stereocenters. The predicted octanol–water partition coefficient (Wildman–Crippen LogP) is 5.80. The van der Waals surface area contributed by atoms with Gasteiger partial charge in [-0.25, -0.2) is 0 Å². The predicted molar refractivity (Wildman–Crippen MR) is 126 cm³/mol. The standard InChI is InChI=1S/C25H23N3O3S/c1-16-10-11-20(12-17(16)2)26-24(29)19-7-5-9-22(15-19)31-25-27-23(28-32-25)14-18-6-4-8-21(13-18)30-3/h4-13,15H,14H2,1-3H3,(H,26,29). The van der Waals surface area contributed by atoms with Gasteiger partial charge in [-0.15, -0.1) is 0 Å². The summed E-state index contributed by atoms with van der Waals surface area (Å²) in [5.74, 6) is 1.79. The first kappa shape index (κ1) is 21.5. The molecule has 7 heteroatoms. The summed E-state index contributed by atoms with van der Waals surface area (Å²) in [6.45, 7) is 4.06. The summed E-state index contributed by atoms with van der Waals surface area (Å²) in [6, 6.07) is 20.6. The van der Waals surface area contributed by atoms with E-state index in [-0.39, 0.29) is 5.91 Å². The van der Waals surface area contributed by atoms with Crippen LogP contribution in [-0.4, -0.2) is 22.4 Å². The van der Waals surface area contributed by atoms with Gasteiger partial charge in [-0.1, -0.05) is 24.3 Å². The van der Waals surface area contributed by atoms with Crippen LogP contribution in [0.4, 0.5) is 5.69 Å². The summed E-state index contributed by atoms with van der Waals surface area (Å²) in [7, 11) is 1.64. The molecule has 0 saturated heterocycles. The smallest absolute Gasteiger partial charge is 0.298 e. The SMILES string of the molecule is COc1cccc(Cc2nsc(Oc3cccc(C(=O)Nc4ccc(C)c(C)c4)c3)n2)c1. The molecule has 0 saturated carbocycles. The highest BCUT2D eigenvalue weighted by Gasteiger charge is 2.11. The number of aromatic nitrogens is 2. The van der Waals surface area contributed by atoms with Gasteiger partial charge >= 0.3 is 0 Å². The van der Waals surface area contributed by atoms with Gasteiger partial charge in [0, 0.05) is 29.2 Å². The Morgan fingerprint density at radius 2 is 1.78 bits per heavy atom. The second kappa shape index (κ2) is 9.62. The summed E-state index contributed by atoms with van der Waals surface area (Å²) in [5, 5.41) is 3.35. The lowest BCUT2D eigenvalue weighted by Gasteiger charge is -2.09. The zero-order chi connectivity index (χ0) is 22.5. The fourth-order valence-electron chi connectivity index (χ4n) is 3.14. The van der Waals surface area contributed by atoms with E-state index in [9.17, 15) is 4.79 Å². The molecule has 1 aromatic heterocycles. The highest BCUT2D eigenvalue weighted by Crippen LogP contribution is 2.26. The van der Waals surface area contributed by atoms with Gasteiger partial charge in [0.25, 0.3) is 11.1 Å². The molecule has 1 heterocycles. The van der Waals surface area contributed by atoms with Crippen LogP contribution in [0.3, 0.4) is 0 Å². The molecule has 1 N–H and O–H groups in total. The Morgan fingerprint density at radius 1 is 0.969 bits per heavy atom. The van der Waals surface area contributed by atoms with Gasteiger partial charge in [-0.3, -0.25) is 4.79 Å². The van der Waals surface area contributed by atoms with Crippen LogP contribution in [0.1, 0.15) is 32.9 Å². The molecule has 0 aliphatic rings. The van der Waals surface area contributed by atoms with Crippen LogP contribution < -0.4 is 14.8 Å². The fraction of sp³-hybridized carbons (Fsp3) is 0.160. The fourth-order valence-corrected chi connectivity index (χ4v) is 3.71. The van der Waals surface area contributed by atoms with Crippen molar-refractivity contribution in [2.45, 2.75) is 20.3 Å². The Morgan fingerprint density at radius 3 is 2.59 bits per heavy atom. The molecule has 3 aromatic carbocycles. The molecule has 1 amide bonds. The van der Waals surface area contributed by atoms with E-state index in [4.69, 9.17) is 9.47 Å². The maximum Gasteiger partial charge on any atom is 0.298 e. The summed E-state index contributed by atoms with van der Waals surface area (Å²) < 4.78 is 15.5. The second-order valence-electron chi connectivity index (χ2n) is 7.39. The van der Waals surface area contributed by atoms with E-state index in [0.29, 0.717) is 28.8 Å². The monoisotopic (exact) mass is 445 g/mol. The Kier molecular flexibility index (Phi) is 6.47. The van der Waals surface area contributed by atoms with E-state index >= 15 is 0 Å². The lowest BCUT2D eigenvalue weighted by atomic mass is 10.1. The maximum atomic E-state index is 12.7. The van der Waals surface area contributed by atoms with Gasteiger partial charge in [-0.05, 0) is 73.0 Å². The molecule has 4 rings (SSSR count). The number of hydrogen-bond acceptors (Lipinski definition) is 6. The van der Waals surface area contributed by atoms with Gasteiger partial charge in [0.2, 0.25) is 0 Å². The van der Waals surface area contributed by atoms with E-state index in [0.717, 1.165) is 22.6 Å². The summed E-state index contributed by atoms with van der Waals surface area (Å²) >= 11 is 1.18. The third-order valence-corrected chi connectivity index (χ3v) is 5.64. The summed E-state index contributed by atoms with van der Waals surface area (Å²) in [6.07, 6.45) is 0.579. The molecule has 0 radical (unpaired) electrons. The number of methoxy groups -OCH3 is 1. The average Bonchev–Trinajstić information content (AvgIpc) is 3.23. The van der Waals surface area contributed by atoms with Crippen LogP contribution >= 0.6 is 11.5 Å². The first-order valence-electron chi connectivity index (χ1n) is 10.1. The van der Waals surface area contributed by atoms with Crippen LogP contribution in [-0.2, 0) is 6.42 Å². The van der Waals surface area contributed by atoms with Crippen molar-refractivity contribution in [2.24, 2.45) is 0 Å². The van der Waals surface area contributed by atoms with E-state index in [1.54, 1.807) is 31.4 Å². The number of carbonyl (C=O) groups excluding carboxylic acids is 1. The molecule has 32 heavy (non-hydrogen) atoms. The van der Waals surface area contributed by atoms with Gasteiger partial charge in [0.05, 0.1) is 7.11 Å². The van der Waals surface area contributed by atoms with Crippen molar-refractivity contribution in [3.8, 4) is 16.7 Å². The van der Waals surface area contributed by atoms with Gasteiger partial charge in [-0.2, -0.15) is 9.36 Å². The van der Waals surface area contributed by atoms with E-state index in [1.165, 1.54) is 17.1 Å². The van der Waals surface area contributed by atoms with Gasteiger partial charge < -0.3 is 14.8 Å². The molecule has 6 nitrogen and oxygen atoms in total. The number of hydrogen-bond donors (Lipinski definition) is 1. The number of benzene rings is 3. The highest BCUT2D eigenvalue weighted by molar-refractivity contribution is 7.07. The largest absolute Gasteiger partial charge is 0.497 e. The number of nitrogens with zero attached hydrogens (tertiary/aromatic N) is 2. The van der Waals surface area contributed by atoms with E-state index in [1.807, 2.05) is 56.3 Å². The zero-order valence-corrected chi connectivity index (χ0v) is 18.9. The average molecular weight is 446 g/mol. The topological polar surface area (TPSA) is 73.3 Å². The minimum Gasteiger partial charge on any atom is -0.497 e. The van der Waals surface area contributed by atoms with Crippen molar-refractivity contribution in [3.05, 3.63) is 94.8 Å². The molecule has 0 atom stereocenters. The van der Waals surface area contributed by atoms with Crippen molar-refractivity contribution >= 4 is 23.1 Å². The highest BCUT2D eigenvalue weighted by atomic mass is 32.1. The van der Waals surface area contributed by atoms with Crippen LogP contribution in [0.5, 0.6) is 16.7 Å². The van der Waals surface area contributed by atoms with Crippen LogP contribution in [0.15, 0.2) is 66.7 Å². The Labute approximate surface area is 191 Å². The maximum absolute atomic E-state index is 12.7. The number of rotatable bonds is 7. The van der Waals surface area contributed by atoms with Gasteiger partial charge in [0.1, 0.15) is 11.5 Å². The molecular weight excluding hydrogens is 422 g/mol. The number of ether oxygens (including phenoxy) is 2. The van der Waals surface area contributed by atoms with E-state index < -0.39 is 0 Å². The number of carbonyl (C=O) groups is 1. The van der Waals surface area contributed by atoms with Crippen LogP contribution in [0.2, 0.25) is 0 Å². The lowest BCUT2D eigenvalue weighted by molar-refractivity contribution is 0.102. The van der Waals surface area contributed by atoms with Crippen molar-refractivity contribution in [1.82, 2.24) is 9.36 Å². The summed E-state index contributed by atoms with van der Waals surface area (Å²) in [5.41, 5.74) is 4.62. The van der Waals surface area contributed by atoms with Crippen molar-refractivity contribution in [3.63, 3.8) is 0 Å². The minimum atomic E-state index is -0.199. The first-order chi connectivity index (χ1) is 15.5. The molecule has 0 aliphatic carbocycles. The molecule has 0 spiro atoms. The number of nitrogens with one attached hydrogen (secondary N) is 1. The Bertz CT molecular complexity index is 1250.